The zero-order valence-electron chi connectivity index (χ0n) is 6.62. The van der Waals surface area contributed by atoms with Crippen molar-refractivity contribution >= 4 is 0 Å². The van der Waals surface area contributed by atoms with Gasteiger partial charge in [0.15, 0.2) is 0 Å². The van der Waals surface area contributed by atoms with Gasteiger partial charge in [-0.2, -0.15) is 0 Å². The van der Waals surface area contributed by atoms with E-state index in [2.05, 4.69) is 13.0 Å². The fourth-order valence-corrected chi connectivity index (χ4v) is 1.49. The molecule has 2 unspecified atom stereocenters. The zero-order chi connectivity index (χ0) is 7.73. The predicted octanol–water partition coefficient (Wildman–Crippen LogP) is 1.29. The van der Waals surface area contributed by atoms with Crippen molar-refractivity contribution in [3.63, 3.8) is 0 Å². The lowest BCUT2D eigenvalue weighted by atomic mass is 9.93. The van der Waals surface area contributed by atoms with Crippen molar-refractivity contribution < 1.29 is 9.47 Å². The number of fused-ring (bicyclic) bond motifs is 1. The predicted molar refractivity (Wildman–Crippen MR) is 42.4 cm³/mol. The molecule has 0 aromatic carbocycles. The van der Waals surface area contributed by atoms with Crippen LogP contribution in [0.2, 0.25) is 0 Å². The molecule has 1 saturated heterocycles. The Kier molecular flexibility index (Phi) is 1.59. The molecule has 2 aliphatic rings. The normalized spacial score (nSPS) is 42.1. The molecule has 2 nitrogen and oxygen atoms in total. The number of rotatable bonds is 0. The van der Waals surface area contributed by atoms with E-state index in [4.69, 9.17) is 9.47 Å². The lowest BCUT2D eigenvalue weighted by molar-refractivity contribution is -0.154. The van der Waals surface area contributed by atoms with E-state index < -0.39 is 0 Å². The summed E-state index contributed by atoms with van der Waals surface area (Å²) in [5, 5.41) is 0. The molecular formula is C9H12O2. The maximum absolute atomic E-state index is 5.61. The Bertz CT molecular complexity index is 208. The Hall–Kier alpha value is -0.600. The van der Waals surface area contributed by atoms with Gasteiger partial charge in [-0.3, -0.25) is 0 Å². The third kappa shape index (κ3) is 1.12. The maximum Gasteiger partial charge on any atom is 0.113 e. The van der Waals surface area contributed by atoms with Gasteiger partial charge in [0.25, 0.3) is 0 Å². The summed E-state index contributed by atoms with van der Waals surface area (Å²) in [6.07, 6.45) is 8.21. The molecular weight excluding hydrogens is 140 g/mol. The van der Waals surface area contributed by atoms with Gasteiger partial charge in [-0.05, 0) is 6.92 Å². The third-order valence-corrected chi connectivity index (χ3v) is 2.18. The van der Waals surface area contributed by atoms with Crippen LogP contribution < -0.4 is 0 Å². The van der Waals surface area contributed by atoms with E-state index in [9.17, 15) is 0 Å². The third-order valence-electron chi connectivity index (χ3n) is 2.18. The average molecular weight is 152 g/mol. The van der Waals surface area contributed by atoms with Crippen molar-refractivity contribution in [2.45, 2.75) is 18.6 Å². The van der Waals surface area contributed by atoms with Gasteiger partial charge in [0, 0.05) is 0 Å². The standard InChI is InChI=1S/C9H12O2/c1-9-5-3-2-4-8(9)10-6-7-11-9/h2-5,8H,6-7H2,1H3. The van der Waals surface area contributed by atoms with Crippen LogP contribution in [0.4, 0.5) is 0 Å². The molecule has 0 aromatic rings. The van der Waals surface area contributed by atoms with E-state index >= 15 is 0 Å². The topological polar surface area (TPSA) is 18.5 Å². The van der Waals surface area contributed by atoms with Gasteiger partial charge in [-0.15, -0.1) is 0 Å². The lowest BCUT2D eigenvalue weighted by Crippen LogP contribution is -2.47. The summed E-state index contributed by atoms with van der Waals surface area (Å²) in [7, 11) is 0. The minimum Gasteiger partial charge on any atom is -0.368 e. The highest BCUT2D eigenvalue weighted by Gasteiger charge is 2.35. The minimum atomic E-state index is -0.215. The van der Waals surface area contributed by atoms with Gasteiger partial charge in [-0.1, -0.05) is 24.3 Å². The van der Waals surface area contributed by atoms with Crippen LogP contribution in [0.3, 0.4) is 0 Å². The van der Waals surface area contributed by atoms with Gasteiger partial charge < -0.3 is 9.47 Å². The molecule has 0 bridgehead atoms. The van der Waals surface area contributed by atoms with Crippen LogP contribution in [0.25, 0.3) is 0 Å². The largest absolute Gasteiger partial charge is 0.368 e. The molecule has 0 saturated carbocycles. The first-order valence-corrected chi connectivity index (χ1v) is 3.93. The van der Waals surface area contributed by atoms with E-state index in [0.29, 0.717) is 13.2 Å². The second kappa shape index (κ2) is 2.47. The fourth-order valence-electron chi connectivity index (χ4n) is 1.49. The van der Waals surface area contributed by atoms with E-state index in [1.54, 1.807) is 0 Å². The zero-order valence-corrected chi connectivity index (χ0v) is 6.62. The highest BCUT2D eigenvalue weighted by molar-refractivity contribution is 5.22. The van der Waals surface area contributed by atoms with Crippen molar-refractivity contribution in [1.29, 1.82) is 0 Å². The van der Waals surface area contributed by atoms with E-state index in [1.807, 2.05) is 18.2 Å². The molecule has 0 spiro atoms. The molecule has 0 amide bonds. The number of ether oxygens (including phenoxy) is 2. The van der Waals surface area contributed by atoms with Crippen LogP contribution in [0.5, 0.6) is 0 Å². The van der Waals surface area contributed by atoms with E-state index in [0.717, 1.165) is 0 Å². The Labute approximate surface area is 66.5 Å². The molecule has 0 radical (unpaired) electrons. The summed E-state index contributed by atoms with van der Waals surface area (Å²) >= 11 is 0. The highest BCUT2D eigenvalue weighted by Crippen LogP contribution is 2.27. The van der Waals surface area contributed by atoms with Crippen LogP contribution in [0.1, 0.15) is 6.92 Å². The first-order chi connectivity index (χ1) is 5.31. The quantitative estimate of drug-likeness (QED) is 0.520. The summed E-state index contributed by atoms with van der Waals surface area (Å²) in [6.45, 7) is 3.46. The molecule has 1 heterocycles. The van der Waals surface area contributed by atoms with Gasteiger partial charge in [0.1, 0.15) is 11.7 Å². The van der Waals surface area contributed by atoms with Gasteiger partial charge in [-0.25, -0.2) is 0 Å². The summed E-state index contributed by atoms with van der Waals surface area (Å²) in [5.74, 6) is 0. The first-order valence-electron chi connectivity index (χ1n) is 3.93. The summed E-state index contributed by atoms with van der Waals surface area (Å²) in [6, 6.07) is 0. The van der Waals surface area contributed by atoms with Gasteiger partial charge >= 0.3 is 0 Å². The van der Waals surface area contributed by atoms with Gasteiger partial charge in [0.2, 0.25) is 0 Å². The SMILES string of the molecule is CC12C=CC=CC1OCCO2. The highest BCUT2D eigenvalue weighted by atomic mass is 16.6. The average Bonchev–Trinajstić information content (AvgIpc) is 2.03. The molecule has 0 aromatic heterocycles. The molecule has 60 valence electrons. The minimum absolute atomic E-state index is 0.112. The van der Waals surface area contributed by atoms with Crippen LogP contribution in [0, 0.1) is 0 Å². The first kappa shape index (κ1) is 7.07. The summed E-state index contributed by atoms with van der Waals surface area (Å²) in [4.78, 5) is 0. The Morgan fingerprint density at radius 1 is 1.36 bits per heavy atom. The van der Waals surface area contributed by atoms with Crippen molar-refractivity contribution in [3.05, 3.63) is 24.3 Å². The van der Waals surface area contributed by atoms with Crippen LogP contribution >= 0.6 is 0 Å². The molecule has 2 heteroatoms. The van der Waals surface area contributed by atoms with Crippen molar-refractivity contribution in [2.24, 2.45) is 0 Å². The van der Waals surface area contributed by atoms with Crippen LogP contribution in [0.15, 0.2) is 24.3 Å². The molecule has 2 atom stereocenters. The molecule has 0 N–H and O–H groups in total. The lowest BCUT2D eigenvalue weighted by Gasteiger charge is -2.38. The smallest absolute Gasteiger partial charge is 0.113 e. The molecule has 11 heavy (non-hydrogen) atoms. The van der Waals surface area contributed by atoms with Crippen LogP contribution in [-0.4, -0.2) is 24.9 Å². The summed E-state index contributed by atoms with van der Waals surface area (Å²) < 4.78 is 11.1. The molecule has 1 aliphatic carbocycles. The molecule has 1 aliphatic heterocycles. The second-order valence-electron chi connectivity index (χ2n) is 3.07. The van der Waals surface area contributed by atoms with Crippen LogP contribution in [-0.2, 0) is 9.47 Å². The van der Waals surface area contributed by atoms with E-state index in [1.165, 1.54) is 0 Å². The number of allylic oxidation sites excluding steroid dienone is 2. The van der Waals surface area contributed by atoms with Crippen molar-refractivity contribution in [2.75, 3.05) is 13.2 Å². The second-order valence-corrected chi connectivity index (χ2v) is 3.07. The Morgan fingerprint density at radius 3 is 3.09 bits per heavy atom. The fraction of sp³-hybridized carbons (Fsp3) is 0.556. The molecule has 1 fully saturated rings. The Balaban J connectivity index is 2.22. The summed E-state index contributed by atoms with van der Waals surface area (Å²) in [5.41, 5.74) is -0.215. The van der Waals surface area contributed by atoms with Crippen molar-refractivity contribution in [3.8, 4) is 0 Å². The molecule has 2 rings (SSSR count). The van der Waals surface area contributed by atoms with E-state index in [-0.39, 0.29) is 11.7 Å². The number of hydrogen-bond donors (Lipinski definition) is 0. The number of hydrogen-bond acceptors (Lipinski definition) is 2. The van der Waals surface area contributed by atoms with Crippen molar-refractivity contribution in [1.82, 2.24) is 0 Å². The monoisotopic (exact) mass is 152 g/mol. The Morgan fingerprint density at radius 2 is 2.27 bits per heavy atom. The van der Waals surface area contributed by atoms with Gasteiger partial charge in [0.05, 0.1) is 13.2 Å². The maximum atomic E-state index is 5.61.